The molecule has 2 rings (SSSR count). The Labute approximate surface area is 122 Å². The predicted octanol–water partition coefficient (Wildman–Crippen LogP) is 2.26. The van der Waals surface area contributed by atoms with Crippen LogP contribution in [0, 0.1) is 0 Å². The molecule has 0 radical (unpaired) electrons. The van der Waals surface area contributed by atoms with Crippen LogP contribution < -0.4 is 5.32 Å². The van der Waals surface area contributed by atoms with Crippen LogP contribution in [-0.4, -0.2) is 35.6 Å². The zero-order valence-corrected chi connectivity index (χ0v) is 11.4. The highest BCUT2D eigenvalue weighted by molar-refractivity contribution is 5.86. The van der Waals surface area contributed by atoms with Gasteiger partial charge in [0.05, 0.1) is 13.2 Å². The molecule has 0 unspecified atom stereocenters. The molecule has 0 saturated heterocycles. The van der Waals surface area contributed by atoms with Crippen LogP contribution >= 0.6 is 0 Å². The lowest BCUT2D eigenvalue weighted by molar-refractivity contribution is 0.0289. The van der Waals surface area contributed by atoms with E-state index in [9.17, 15) is 4.79 Å². The largest absolute Gasteiger partial charge is 0.441 e. The first-order valence-corrected chi connectivity index (χ1v) is 6.57. The fourth-order valence-corrected chi connectivity index (χ4v) is 1.84. The molecule has 0 aromatic heterocycles. The van der Waals surface area contributed by atoms with E-state index in [1.54, 1.807) is 6.07 Å². The lowest BCUT2D eigenvalue weighted by Gasteiger charge is -2.13. The smallest absolute Gasteiger partial charge is 0.412 e. The molecule has 0 atom stereocenters. The van der Waals surface area contributed by atoms with Gasteiger partial charge in [0.15, 0.2) is 0 Å². The maximum atomic E-state index is 11.6. The van der Waals surface area contributed by atoms with Gasteiger partial charge in [-0.25, -0.2) is 4.79 Å². The van der Waals surface area contributed by atoms with E-state index in [0.717, 1.165) is 11.1 Å². The molecule has 0 spiro atoms. The minimum Gasteiger partial charge on any atom is -0.441 e. The lowest BCUT2D eigenvalue weighted by Crippen LogP contribution is -2.28. The van der Waals surface area contributed by atoms with Crippen LogP contribution in [0.3, 0.4) is 0 Å². The summed E-state index contributed by atoms with van der Waals surface area (Å²) in [5, 5.41) is 20.3. The monoisotopic (exact) mass is 287 g/mol. The van der Waals surface area contributed by atoms with Gasteiger partial charge in [-0.1, -0.05) is 42.5 Å². The molecule has 1 amide bonds. The summed E-state index contributed by atoms with van der Waals surface area (Å²) in [7, 11) is 0. The van der Waals surface area contributed by atoms with E-state index in [4.69, 9.17) is 14.9 Å². The van der Waals surface area contributed by atoms with E-state index in [2.05, 4.69) is 5.32 Å². The normalized spacial score (nSPS) is 10.4. The fourth-order valence-electron chi connectivity index (χ4n) is 1.84. The van der Waals surface area contributed by atoms with Gasteiger partial charge in [-0.05, 0) is 23.3 Å². The molecule has 0 aliphatic rings. The first-order chi connectivity index (χ1) is 10.2. The maximum absolute atomic E-state index is 11.6. The second kappa shape index (κ2) is 7.42. The number of carbonyl (C=O) groups excluding carboxylic acids is 1. The average molecular weight is 287 g/mol. The highest BCUT2D eigenvalue weighted by Gasteiger charge is 2.12. The van der Waals surface area contributed by atoms with E-state index in [-0.39, 0.29) is 0 Å². The molecule has 2 aromatic carbocycles. The Kier molecular flexibility index (Phi) is 5.31. The van der Waals surface area contributed by atoms with Crippen molar-refractivity contribution in [1.29, 1.82) is 0 Å². The van der Waals surface area contributed by atoms with Gasteiger partial charge in [0.1, 0.15) is 6.10 Å². The van der Waals surface area contributed by atoms with E-state index < -0.39 is 25.4 Å². The molecule has 21 heavy (non-hydrogen) atoms. The van der Waals surface area contributed by atoms with Crippen molar-refractivity contribution in [2.75, 3.05) is 18.5 Å². The Bertz CT molecular complexity index is 582. The van der Waals surface area contributed by atoms with Gasteiger partial charge in [-0.3, -0.25) is 5.32 Å². The number of ether oxygens (including phenoxy) is 1. The van der Waals surface area contributed by atoms with Crippen molar-refractivity contribution in [3.05, 3.63) is 54.6 Å². The molecule has 0 saturated carbocycles. The third kappa shape index (κ3) is 4.30. The summed E-state index contributed by atoms with van der Waals surface area (Å²) < 4.78 is 4.85. The minimum atomic E-state index is -0.915. The summed E-state index contributed by atoms with van der Waals surface area (Å²) in [6.07, 6.45) is -1.63. The van der Waals surface area contributed by atoms with Gasteiger partial charge in [-0.15, -0.1) is 0 Å². The number of aliphatic hydroxyl groups excluding tert-OH is 2. The fraction of sp³-hybridized carbons (Fsp3) is 0.188. The van der Waals surface area contributed by atoms with Crippen molar-refractivity contribution in [2.45, 2.75) is 6.10 Å². The van der Waals surface area contributed by atoms with Gasteiger partial charge in [-0.2, -0.15) is 0 Å². The summed E-state index contributed by atoms with van der Waals surface area (Å²) in [6.45, 7) is -0.845. The van der Waals surface area contributed by atoms with Gasteiger partial charge < -0.3 is 14.9 Å². The number of benzene rings is 2. The van der Waals surface area contributed by atoms with Crippen molar-refractivity contribution < 1.29 is 19.7 Å². The summed E-state index contributed by atoms with van der Waals surface area (Å²) in [4.78, 5) is 11.6. The first kappa shape index (κ1) is 15.0. The molecule has 110 valence electrons. The Morgan fingerprint density at radius 3 is 2.33 bits per heavy atom. The topological polar surface area (TPSA) is 78.8 Å². The van der Waals surface area contributed by atoms with Crippen molar-refractivity contribution in [2.24, 2.45) is 0 Å². The van der Waals surface area contributed by atoms with Crippen molar-refractivity contribution in [3.8, 4) is 11.1 Å². The van der Waals surface area contributed by atoms with Gasteiger partial charge >= 0.3 is 6.09 Å². The molecule has 5 heteroatoms. The second-order valence-electron chi connectivity index (χ2n) is 4.46. The van der Waals surface area contributed by atoms with Crippen molar-refractivity contribution >= 4 is 11.8 Å². The number of amides is 1. The Morgan fingerprint density at radius 2 is 1.67 bits per heavy atom. The molecule has 0 heterocycles. The third-order valence-electron chi connectivity index (χ3n) is 2.90. The molecule has 0 bridgehead atoms. The Balaban J connectivity index is 2.06. The van der Waals surface area contributed by atoms with E-state index in [1.807, 2.05) is 48.5 Å². The summed E-state index contributed by atoms with van der Waals surface area (Å²) >= 11 is 0. The van der Waals surface area contributed by atoms with Gasteiger partial charge in [0.25, 0.3) is 0 Å². The van der Waals surface area contributed by atoms with Crippen LogP contribution in [0.4, 0.5) is 10.5 Å². The second-order valence-corrected chi connectivity index (χ2v) is 4.46. The molecule has 0 aliphatic carbocycles. The number of aliphatic hydroxyl groups is 2. The van der Waals surface area contributed by atoms with Crippen LogP contribution in [0.15, 0.2) is 54.6 Å². The van der Waals surface area contributed by atoms with E-state index >= 15 is 0 Å². The zero-order chi connectivity index (χ0) is 15.1. The lowest BCUT2D eigenvalue weighted by atomic mass is 10.1. The standard InChI is InChI=1S/C16H17NO4/c18-10-15(11-19)21-16(20)17-14-8-4-7-13(9-14)12-5-2-1-3-6-12/h1-9,15,18-19H,10-11H2,(H,17,20). The molecule has 0 aliphatic heterocycles. The number of nitrogens with one attached hydrogen (secondary N) is 1. The highest BCUT2D eigenvalue weighted by Crippen LogP contribution is 2.22. The summed E-state index contributed by atoms with van der Waals surface area (Å²) in [6, 6.07) is 17.1. The molecule has 0 fully saturated rings. The average Bonchev–Trinajstić information content (AvgIpc) is 2.53. The number of anilines is 1. The van der Waals surface area contributed by atoms with Crippen LogP contribution in [0.1, 0.15) is 0 Å². The molecular formula is C16H17NO4. The van der Waals surface area contributed by atoms with Crippen LogP contribution in [0.2, 0.25) is 0 Å². The van der Waals surface area contributed by atoms with Crippen molar-refractivity contribution in [3.63, 3.8) is 0 Å². The minimum absolute atomic E-state index is 0.423. The molecule has 5 nitrogen and oxygen atoms in total. The number of hydrogen-bond donors (Lipinski definition) is 3. The SMILES string of the molecule is O=C(Nc1cccc(-c2ccccc2)c1)OC(CO)CO. The molecule has 2 aromatic rings. The number of carbonyl (C=O) groups is 1. The zero-order valence-electron chi connectivity index (χ0n) is 11.4. The van der Waals surface area contributed by atoms with Gasteiger partial charge in [0.2, 0.25) is 0 Å². The number of hydrogen-bond acceptors (Lipinski definition) is 4. The Morgan fingerprint density at radius 1 is 1.00 bits per heavy atom. The summed E-state index contributed by atoms with van der Waals surface area (Å²) in [5.41, 5.74) is 2.59. The van der Waals surface area contributed by atoms with Gasteiger partial charge in [0, 0.05) is 5.69 Å². The summed E-state index contributed by atoms with van der Waals surface area (Å²) in [5.74, 6) is 0. The Hall–Kier alpha value is -2.37. The van der Waals surface area contributed by atoms with Crippen LogP contribution in [-0.2, 0) is 4.74 Å². The van der Waals surface area contributed by atoms with E-state index in [1.165, 1.54) is 0 Å². The van der Waals surface area contributed by atoms with Crippen LogP contribution in [0.5, 0.6) is 0 Å². The van der Waals surface area contributed by atoms with Crippen molar-refractivity contribution in [1.82, 2.24) is 0 Å². The molecule has 3 N–H and O–H groups in total. The first-order valence-electron chi connectivity index (χ1n) is 6.57. The highest BCUT2D eigenvalue weighted by atomic mass is 16.6. The quantitative estimate of drug-likeness (QED) is 0.788. The van der Waals surface area contributed by atoms with E-state index in [0.29, 0.717) is 5.69 Å². The predicted molar refractivity (Wildman–Crippen MR) is 79.9 cm³/mol. The maximum Gasteiger partial charge on any atom is 0.412 e. The third-order valence-corrected chi connectivity index (χ3v) is 2.90. The van der Waals surface area contributed by atoms with Crippen LogP contribution in [0.25, 0.3) is 11.1 Å². The number of rotatable bonds is 5. The molecular weight excluding hydrogens is 270 g/mol.